The largest absolute Gasteiger partial charge is 0.349 e. The molecule has 1 aromatic carbocycles. The Labute approximate surface area is 130 Å². The second kappa shape index (κ2) is 7.80. The van der Waals surface area contributed by atoms with Crippen LogP contribution in [0, 0.1) is 11.7 Å². The van der Waals surface area contributed by atoms with E-state index in [-0.39, 0.29) is 29.7 Å². The van der Waals surface area contributed by atoms with Crippen LogP contribution in [-0.2, 0) is 4.79 Å². The zero-order chi connectivity index (χ0) is 15.2. The maximum atomic E-state index is 13.0. The maximum absolute atomic E-state index is 13.0. The highest BCUT2D eigenvalue weighted by Gasteiger charge is 2.21. The summed E-state index contributed by atoms with van der Waals surface area (Å²) in [6.07, 6.45) is 0.497. The first-order valence-electron chi connectivity index (χ1n) is 7.42. The molecule has 2 rings (SSSR count). The van der Waals surface area contributed by atoms with Gasteiger partial charge in [-0.2, -0.15) is 11.8 Å². The second-order valence-corrected chi connectivity index (χ2v) is 6.92. The zero-order valence-corrected chi connectivity index (χ0v) is 13.4. The third-order valence-corrected chi connectivity index (χ3v) is 4.77. The quantitative estimate of drug-likeness (QED) is 0.878. The van der Waals surface area contributed by atoms with Crippen molar-refractivity contribution in [2.45, 2.75) is 32.4 Å². The van der Waals surface area contributed by atoms with Crippen molar-refractivity contribution in [2.75, 3.05) is 18.1 Å². The predicted molar refractivity (Wildman–Crippen MR) is 85.9 cm³/mol. The Balaban J connectivity index is 1.95. The fourth-order valence-corrected chi connectivity index (χ4v) is 3.46. The Morgan fingerprint density at radius 1 is 1.43 bits per heavy atom. The van der Waals surface area contributed by atoms with E-state index in [9.17, 15) is 9.18 Å². The summed E-state index contributed by atoms with van der Waals surface area (Å²) in [7, 11) is 0. The minimum atomic E-state index is -0.254. The lowest BCUT2D eigenvalue weighted by Gasteiger charge is -2.26. The van der Waals surface area contributed by atoms with Crippen LogP contribution in [0.2, 0.25) is 0 Å². The van der Waals surface area contributed by atoms with Crippen LogP contribution in [0.15, 0.2) is 24.3 Å². The molecule has 0 bridgehead atoms. The molecule has 1 fully saturated rings. The molecule has 1 amide bonds. The molecule has 2 N–H and O–H groups in total. The highest BCUT2D eigenvalue weighted by atomic mass is 32.2. The lowest BCUT2D eigenvalue weighted by atomic mass is 9.95. The summed E-state index contributed by atoms with van der Waals surface area (Å²) in [5, 5.41) is 6.46. The van der Waals surface area contributed by atoms with Gasteiger partial charge in [0.25, 0.3) is 0 Å². The summed E-state index contributed by atoms with van der Waals surface area (Å²) in [6, 6.07) is 6.55. The van der Waals surface area contributed by atoms with Crippen LogP contribution < -0.4 is 10.6 Å². The molecule has 5 heteroatoms. The number of hydrogen-bond acceptors (Lipinski definition) is 3. The predicted octanol–water partition coefficient (Wildman–Crippen LogP) is 2.73. The van der Waals surface area contributed by atoms with Crippen molar-refractivity contribution >= 4 is 17.7 Å². The van der Waals surface area contributed by atoms with Crippen LogP contribution in [0.5, 0.6) is 0 Å². The molecule has 1 saturated heterocycles. The minimum absolute atomic E-state index is 0.0537. The molecule has 0 radical (unpaired) electrons. The number of benzene rings is 1. The van der Waals surface area contributed by atoms with Crippen LogP contribution in [0.4, 0.5) is 4.39 Å². The van der Waals surface area contributed by atoms with E-state index in [2.05, 4.69) is 24.5 Å². The van der Waals surface area contributed by atoms with Gasteiger partial charge in [0.2, 0.25) is 5.91 Å². The molecule has 21 heavy (non-hydrogen) atoms. The van der Waals surface area contributed by atoms with Gasteiger partial charge in [0.1, 0.15) is 5.82 Å². The van der Waals surface area contributed by atoms with E-state index in [4.69, 9.17) is 0 Å². The van der Waals surface area contributed by atoms with Gasteiger partial charge < -0.3 is 10.6 Å². The van der Waals surface area contributed by atoms with Gasteiger partial charge in [-0.25, -0.2) is 4.39 Å². The van der Waals surface area contributed by atoms with Crippen molar-refractivity contribution in [3.05, 3.63) is 35.6 Å². The molecule has 0 aliphatic carbocycles. The molecule has 0 spiro atoms. The van der Waals surface area contributed by atoms with Gasteiger partial charge in [-0.3, -0.25) is 4.79 Å². The van der Waals surface area contributed by atoms with E-state index in [0.717, 1.165) is 23.6 Å². The van der Waals surface area contributed by atoms with Crippen molar-refractivity contribution < 1.29 is 9.18 Å². The average Bonchev–Trinajstić information content (AvgIpc) is 2.47. The van der Waals surface area contributed by atoms with E-state index in [1.54, 1.807) is 12.1 Å². The average molecular weight is 310 g/mol. The van der Waals surface area contributed by atoms with Gasteiger partial charge in [-0.1, -0.05) is 26.0 Å². The summed E-state index contributed by atoms with van der Waals surface area (Å²) < 4.78 is 13.0. The van der Waals surface area contributed by atoms with Crippen molar-refractivity contribution in [2.24, 2.45) is 5.92 Å². The summed E-state index contributed by atoms with van der Waals surface area (Å²) in [5.74, 6) is 2.15. The summed E-state index contributed by atoms with van der Waals surface area (Å²) in [6.45, 7) is 5.08. The van der Waals surface area contributed by atoms with Crippen LogP contribution in [-0.4, -0.2) is 30.0 Å². The van der Waals surface area contributed by atoms with Crippen molar-refractivity contribution in [3.63, 3.8) is 0 Å². The third kappa shape index (κ3) is 5.00. The maximum Gasteiger partial charge on any atom is 0.222 e. The van der Waals surface area contributed by atoms with Crippen LogP contribution in [0.1, 0.15) is 31.9 Å². The molecular weight excluding hydrogens is 287 g/mol. The Hall–Kier alpha value is -1.07. The summed E-state index contributed by atoms with van der Waals surface area (Å²) in [5.41, 5.74) is 0.950. The fraction of sp³-hybridized carbons (Fsp3) is 0.562. The number of halogens is 1. The van der Waals surface area contributed by atoms with Crippen molar-refractivity contribution in [3.8, 4) is 0 Å². The highest BCUT2D eigenvalue weighted by molar-refractivity contribution is 7.99. The molecule has 1 aliphatic rings. The van der Waals surface area contributed by atoms with Gasteiger partial charge in [-0.15, -0.1) is 0 Å². The minimum Gasteiger partial charge on any atom is -0.349 e. The van der Waals surface area contributed by atoms with Crippen LogP contribution >= 0.6 is 11.8 Å². The van der Waals surface area contributed by atoms with E-state index in [1.165, 1.54) is 12.1 Å². The molecule has 2 atom stereocenters. The molecular formula is C16H23FN2OS. The van der Waals surface area contributed by atoms with E-state index in [0.29, 0.717) is 6.42 Å². The number of hydrogen-bond donors (Lipinski definition) is 2. The van der Waals surface area contributed by atoms with E-state index < -0.39 is 0 Å². The third-order valence-electron chi connectivity index (χ3n) is 3.64. The van der Waals surface area contributed by atoms with Gasteiger partial charge in [0.15, 0.2) is 0 Å². The van der Waals surface area contributed by atoms with Crippen molar-refractivity contribution in [1.82, 2.24) is 10.6 Å². The number of amides is 1. The summed E-state index contributed by atoms with van der Waals surface area (Å²) in [4.78, 5) is 12.2. The highest BCUT2D eigenvalue weighted by Crippen LogP contribution is 2.22. The van der Waals surface area contributed by atoms with Gasteiger partial charge >= 0.3 is 0 Å². The summed E-state index contributed by atoms with van der Waals surface area (Å²) >= 11 is 1.88. The monoisotopic (exact) mass is 310 g/mol. The fourth-order valence-electron chi connectivity index (χ4n) is 2.51. The first kappa shape index (κ1) is 16.3. The topological polar surface area (TPSA) is 41.1 Å². The van der Waals surface area contributed by atoms with Gasteiger partial charge in [-0.05, 0) is 23.6 Å². The number of nitrogens with one attached hydrogen (secondary N) is 2. The van der Waals surface area contributed by atoms with E-state index >= 15 is 0 Å². The number of carbonyl (C=O) groups excluding carboxylic acids is 1. The Morgan fingerprint density at radius 2 is 2.14 bits per heavy atom. The molecule has 2 unspecified atom stereocenters. The Kier molecular flexibility index (Phi) is 6.06. The number of carbonyl (C=O) groups is 1. The second-order valence-electron chi connectivity index (χ2n) is 5.77. The molecule has 3 nitrogen and oxygen atoms in total. The molecule has 0 saturated carbocycles. The smallest absolute Gasteiger partial charge is 0.222 e. The first-order valence-corrected chi connectivity index (χ1v) is 8.57. The van der Waals surface area contributed by atoms with Gasteiger partial charge in [0, 0.05) is 30.5 Å². The molecule has 0 aromatic heterocycles. The van der Waals surface area contributed by atoms with Crippen LogP contribution in [0.3, 0.4) is 0 Å². The lowest BCUT2D eigenvalue weighted by molar-refractivity contribution is -0.122. The van der Waals surface area contributed by atoms with Crippen molar-refractivity contribution in [1.29, 1.82) is 0 Å². The van der Waals surface area contributed by atoms with E-state index in [1.807, 2.05) is 11.8 Å². The molecule has 1 aliphatic heterocycles. The SMILES string of the molecule is CC(C)C(NC(=O)CC1CSCCN1)c1ccc(F)cc1. The molecule has 1 aromatic rings. The normalized spacial score (nSPS) is 20.3. The Bertz CT molecular complexity index is 458. The van der Waals surface area contributed by atoms with Crippen LogP contribution in [0.25, 0.3) is 0 Å². The lowest BCUT2D eigenvalue weighted by Crippen LogP contribution is -2.42. The van der Waals surface area contributed by atoms with Gasteiger partial charge in [0.05, 0.1) is 6.04 Å². The molecule has 1 heterocycles. The zero-order valence-electron chi connectivity index (χ0n) is 12.6. The molecule has 116 valence electrons. The number of thioether (sulfide) groups is 1. The Morgan fingerprint density at radius 3 is 2.71 bits per heavy atom. The standard InChI is InChI=1S/C16H23FN2OS/c1-11(2)16(12-3-5-13(17)6-4-12)19-15(20)9-14-10-21-8-7-18-14/h3-6,11,14,16,18H,7-10H2,1-2H3,(H,19,20). The first-order chi connectivity index (χ1) is 10.1. The number of rotatable bonds is 5.